The van der Waals surface area contributed by atoms with Crippen molar-refractivity contribution in [3.63, 3.8) is 0 Å². The van der Waals surface area contributed by atoms with Crippen LogP contribution in [0.3, 0.4) is 0 Å². The van der Waals surface area contributed by atoms with Gasteiger partial charge < -0.3 is 43.8 Å². The van der Waals surface area contributed by atoms with Crippen LogP contribution < -0.4 is 53.1 Å². The largest absolute Gasteiger partial charge is 1.00 e. The van der Waals surface area contributed by atoms with Crippen molar-refractivity contribution >= 4 is 11.4 Å². The van der Waals surface area contributed by atoms with Crippen LogP contribution in [-0.2, 0) is 0 Å². The van der Waals surface area contributed by atoms with Crippen molar-refractivity contribution in [2.24, 2.45) is 0 Å². The number of hydrogen-bond acceptors (Lipinski definition) is 2. The number of nitrogens with zero attached hydrogens (tertiary/aromatic N) is 4. The number of pyridine rings is 2. The van der Waals surface area contributed by atoms with Gasteiger partial charge in [-0.05, 0) is 36.4 Å². The third-order valence-corrected chi connectivity index (χ3v) is 5.14. The molecular weight excluding hydrogens is 504 g/mol. The smallest absolute Gasteiger partial charge is 0.234 e. The van der Waals surface area contributed by atoms with E-state index in [1.165, 1.54) is 22.1 Å². The molecule has 0 amide bonds. The van der Waals surface area contributed by atoms with Crippen molar-refractivity contribution in [3.8, 4) is 0 Å². The highest BCUT2D eigenvalue weighted by molar-refractivity contribution is 5.57. The zero-order chi connectivity index (χ0) is 18.8. The van der Waals surface area contributed by atoms with Crippen LogP contribution in [0, 0.1) is 12.4 Å². The van der Waals surface area contributed by atoms with E-state index < -0.39 is 0 Å². The Morgan fingerprint density at radius 2 is 1.07 bits per heavy atom. The highest BCUT2D eigenvalue weighted by Gasteiger charge is 2.16. The minimum Gasteiger partial charge on any atom is -1.00 e. The summed E-state index contributed by atoms with van der Waals surface area (Å²) in [7, 11) is 0. The van der Waals surface area contributed by atoms with Crippen molar-refractivity contribution in [1.82, 2.24) is 9.80 Å². The molecule has 0 unspecified atom stereocenters. The molecular formula is C24H22Br2N4. The lowest BCUT2D eigenvalue weighted by Crippen LogP contribution is -3.00. The van der Waals surface area contributed by atoms with Gasteiger partial charge in [0.1, 0.15) is 24.5 Å². The second-order valence-corrected chi connectivity index (χ2v) is 6.83. The summed E-state index contributed by atoms with van der Waals surface area (Å²) in [4.78, 5) is 4.49. The Labute approximate surface area is 197 Å². The molecule has 2 aromatic heterocycles. The third-order valence-electron chi connectivity index (χ3n) is 5.14. The molecule has 6 rings (SSSR count). The van der Waals surface area contributed by atoms with E-state index in [1.807, 2.05) is 0 Å². The zero-order valence-electron chi connectivity index (χ0n) is 16.4. The van der Waals surface area contributed by atoms with Gasteiger partial charge in [0.2, 0.25) is 10.7 Å². The van der Waals surface area contributed by atoms with Gasteiger partial charge in [-0.2, -0.15) is 8.49 Å². The number of rotatable bonds is 0. The summed E-state index contributed by atoms with van der Waals surface area (Å²) in [6.07, 6.45) is 25.4. The van der Waals surface area contributed by atoms with Crippen LogP contribution in [0.4, 0.5) is 0 Å². The number of fused-ring (bicyclic) bond motifs is 4. The molecule has 0 spiro atoms. The summed E-state index contributed by atoms with van der Waals surface area (Å²) in [6, 6.07) is 12.5. The van der Waals surface area contributed by atoms with Crippen molar-refractivity contribution in [2.45, 2.75) is 0 Å². The maximum absolute atomic E-state index is 2.25. The third kappa shape index (κ3) is 4.25. The number of allylic oxidation sites excluding steroid dienone is 4. The molecule has 4 aliphatic heterocycles. The van der Waals surface area contributed by atoms with Crippen molar-refractivity contribution < 1.29 is 42.4 Å². The number of halogens is 2. The van der Waals surface area contributed by atoms with Crippen LogP contribution in [0.2, 0.25) is 0 Å². The maximum Gasteiger partial charge on any atom is 0.234 e. The first-order valence-corrected chi connectivity index (χ1v) is 9.55. The molecule has 0 N–H and O–H groups in total. The molecule has 0 radical (unpaired) electrons. The average molecular weight is 526 g/mol. The number of aromatic nitrogens is 2. The average Bonchev–Trinajstić information content (AvgIpc) is 2.79. The molecule has 30 heavy (non-hydrogen) atoms. The predicted octanol–water partition coefficient (Wildman–Crippen LogP) is -5.01. The Bertz CT molecular complexity index is 1190. The van der Waals surface area contributed by atoms with E-state index in [4.69, 9.17) is 0 Å². The molecule has 0 aliphatic carbocycles. The van der Waals surface area contributed by atoms with E-state index in [0.29, 0.717) is 0 Å². The van der Waals surface area contributed by atoms with Crippen molar-refractivity contribution in [2.75, 3.05) is 13.1 Å². The van der Waals surface area contributed by atoms with Crippen LogP contribution in [0.25, 0.3) is 11.4 Å². The Balaban J connectivity index is 0.000000160. The van der Waals surface area contributed by atoms with Gasteiger partial charge in [0.25, 0.3) is 0 Å². The molecule has 6 heteroatoms. The fraction of sp³-hybridized carbons (Fsp3) is 0.0833. The summed E-state index contributed by atoms with van der Waals surface area (Å²) in [5, 5.41) is 2.50. The molecule has 0 fully saturated rings. The SMILES string of the molecule is C1=CC2=c3cccc[n+]3=CCN2C=C1.C1=CC2=c3cccc[n+]3=CCN2C=C1.[Br-].[Br-]. The molecule has 0 bridgehead atoms. The van der Waals surface area contributed by atoms with Crippen LogP contribution in [0.1, 0.15) is 0 Å². The van der Waals surface area contributed by atoms with E-state index in [9.17, 15) is 0 Å². The minimum absolute atomic E-state index is 0. The van der Waals surface area contributed by atoms with E-state index in [1.54, 1.807) is 0 Å². The van der Waals surface area contributed by atoms with Crippen LogP contribution in [0.5, 0.6) is 0 Å². The normalized spacial score (nSPS) is 16.3. The van der Waals surface area contributed by atoms with Gasteiger partial charge in [-0.1, -0.05) is 12.2 Å². The van der Waals surface area contributed by atoms with Gasteiger partial charge >= 0.3 is 0 Å². The first-order valence-electron chi connectivity index (χ1n) is 9.55. The van der Waals surface area contributed by atoms with E-state index >= 15 is 0 Å². The molecule has 6 heterocycles. The lowest BCUT2D eigenvalue weighted by Gasteiger charge is -2.20. The molecule has 0 saturated carbocycles. The minimum atomic E-state index is 0. The Kier molecular flexibility index (Phi) is 7.24. The lowest BCUT2D eigenvalue weighted by molar-refractivity contribution is -0.529. The first-order chi connectivity index (χ1) is 13.9. The quantitative estimate of drug-likeness (QED) is 0.321. The van der Waals surface area contributed by atoms with E-state index in [2.05, 4.69) is 128 Å². The standard InChI is InChI=1S/2C12H11N2.2BrH/c2*1-3-7-13-9-10-14-8-4-2-6-12(14)11(13)5-1;;/h2*1-9H,10H2;2*1H/q2*+1;;/p-2. The fourth-order valence-electron chi connectivity index (χ4n) is 3.75. The Hall–Kier alpha value is -2.70. The highest BCUT2D eigenvalue weighted by atomic mass is 79.9. The predicted molar refractivity (Wildman–Crippen MR) is 109 cm³/mol. The molecule has 152 valence electrons. The van der Waals surface area contributed by atoms with Crippen molar-refractivity contribution in [3.05, 3.63) is 121 Å². The Morgan fingerprint density at radius 3 is 1.53 bits per heavy atom. The molecule has 4 nitrogen and oxygen atoms in total. The Morgan fingerprint density at radius 1 is 0.600 bits per heavy atom. The highest BCUT2D eigenvalue weighted by Crippen LogP contribution is 2.12. The second kappa shape index (κ2) is 9.87. The zero-order valence-corrected chi connectivity index (χ0v) is 19.5. The van der Waals surface area contributed by atoms with E-state index in [-0.39, 0.29) is 34.0 Å². The summed E-state index contributed by atoms with van der Waals surface area (Å²) in [6.45, 7) is 1.88. The van der Waals surface area contributed by atoms with Crippen LogP contribution in [-0.4, -0.2) is 22.9 Å². The summed E-state index contributed by atoms with van der Waals surface area (Å²) < 4.78 is 4.35. The molecule has 0 atom stereocenters. The van der Waals surface area contributed by atoms with Gasteiger partial charge in [0.05, 0.1) is 0 Å². The topological polar surface area (TPSA) is 18.3 Å². The number of hydrogen-bond donors (Lipinski definition) is 0. The molecule has 4 aliphatic rings. The summed E-state index contributed by atoms with van der Waals surface area (Å²) >= 11 is 0. The maximum atomic E-state index is 2.25. The summed E-state index contributed by atoms with van der Waals surface area (Å²) in [5.74, 6) is 0. The van der Waals surface area contributed by atoms with Crippen molar-refractivity contribution in [1.29, 1.82) is 0 Å². The van der Waals surface area contributed by atoms with Gasteiger partial charge in [-0.25, -0.2) is 0 Å². The van der Waals surface area contributed by atoms with Gasteiger partial charge in [-0.15, -0.1) is 0 Å². The van der Waals surface area contributed by atoms with Gasteiger partial charge in [0.15, 0.2) is 24.8 Å². The lowest BCUT2D eigenvalue weighted by atomic mass is 10.2. The van der Waals surface area contributed by atoms with Crippen LogP contribution in [0.15, 0.2) is 97.6 Å². The molecule has 0 aromatic carbocycles. The van der Waals surface area contributed by atoms with Gasteiger partial charge in [-0.3, -0.25) is 0 Å². The first kappa shape index (κ1) is 22.0. The van der Waals surface area contributed by atoms with E-state index in [0.717, 1.165) is 13.1 Å². The molecule has 2 aromatic rings. The fourth-order valence-corrected chi connectivity index (χ4v) is 3.75. The monoisotopic (exact) mass is 524 g/mol. The van der Waals surface area contributed by atoms with Gasteiger partial charge in [0, 0.05) is 36.7 Å². The van der Waals surface area contributed by atoms with Crippen LogP contribution >= 0.6 is 0 Å². The molecule has 0 saturated heterocycles. The summed E-state index contributed by atoms with van der Waals surface area (Å²) in [5.41, 5.74) is 2.55. The second-order valence-electron chi connectivity index (χ2n) is 6.83.